The van der Waals surface area contributed by atoms with Gasteiger partial charge in [-0.2, -0.15) is 4.68 Å². The second-order valence-corrected chi connectivity index (χ2v) is 10.1. The number of hydrogen-bond acceptors (Lipinski definition) is 5. The molecule has 0 spiro atoms. The van der Waals surface area contributed by atoms with Crippen LogP contribution in [0.2, 0.25) is 5.02 Å². The van der Waals surface area contributed by atoms with Crippen LogP contribution >= 0.6 is 11.6 Å². The van der Waals surface area contributed by atoms with Crippen molar-refractivity contribution in [1.29, 1.82) is 0 Å². The lowest BCUT2D eigenvalue weighted by atomic mass is 10.0. The highest BCUT2D eigenvalue weighted by atomic mass is 35.5. The summed E-state index contributed by atoms with van der Waals surface area (Å²) in [7, 11) is 0. The van der Waals surface area contributed by atoms with Crippen LogP contribution in [0, 0.1) is 5.92 Å². The zero-order valence-corrected chi connectivity index (χ0v) is 20.1. The Morgan fingerprint density at radius 1 is 1.03 bits per heavy atom. The maximum absolute atomic E-state index is 13.6. The Bertz CT molecular complexity index is 1880. The summed E-state index contributed by atoms with van der Waals surface area (Å²) in [6.45, 7) is 0. The molecule has 0 radical (unpaired) electrons. The molecule has 37 heavy (non-hydrogen) atoms. The molecule has 1 saturated carbocycles. The number of benzene rings is 2. The summed E-state index contributed by atoms with van der Waals surface area (Å²) in [5, 5.41) is 13.3. The van der Waals surface area contributed by atoms with Gasteiger partial charge >= 0.3 is 0 Å². The number of nitrogens with one attached hydrogen (secondary N) is 2. The van der Waals surface area contributed by atoms with Crippen LogP contribution in [0.25, 0.3) is 39.0 Å². The maximum atomic E-state index is 13.6. The van der Waals surface area contributed by atoms with Gasteiger partial charge in [0.15, 0.2) is 0 Å². The number of imidazole rings is 1. The number of H-pyrrole nitrogens is 2. The number of aromatic nitrogens is 8. The molecule has 1 aliphatic heterocycles. The van der Waals surface area contributed by atoms with E-state index in [2.05, 4.69) is 55.8 Å². The van der Waals surface area contributed by atoms with Gasteiger partial charge in [-0.1, -0.05) is 17.7 Å². The van der Waals surface area contributed by atoms with Crippen LogP contribution in [0.15, 0.2) is 78.1 Å². The van der Waals surface area contributed by atoms with Crippen molar-refractivity contribution in [3.05, 3.63) is 100 Å². The van der Waals surface area contributed by atoms with E-state index in [1.54, 1.807) is 16.8 Å². The van der Waals surface area contributed by atoms with Crippen molar-refractivity contribution in [2.75, 3.05) is 0 Å². The molecule has 0 amide bonds. The van der Waals surface area contributed by atoms with Crippen molar-refractivity contribution in [1.82, 2.24) is 39.7 Å². The molecule has 10 heteroatoms. The zero-order chi connectivity index (χ0) is 24.7. The molecule has 1 fully saturated rings. The van der Waals surface area contributed by atoms with E-state index >= 15 is 0 Å². The third-order valence-electron chi connectivity index (χ3n) is 7.61. The van der Waals surface area contributed by atoms with Crippen LogP contribution in [0.4, 0.5) is 0 Å². The third kappa shape index (κ3) is 3.14. The Morgan fingerprint density at radius 2 is 1.97 bits per heavy atom. The summed E-state index contributed by atoms with van der Waals surface area (Å²) in [4.78, 5) is 25.0. The minimum atomic E-state index is -0.107. The molecule has 4 aromatic heterocycles. The number of fused-ring (bicyclic) bond motifs is 4. The molecular weight excluding hydrogens is 488 g/mol. The predicted octanol–water partition coefficient (Wildman–Crippen LogP) is 4.72. The number of pyridine rings is 1. The molecule has 180 valence electrons. The fraction of sp³-hybridized carbons (Fsp3) is 0.148. The molecule has 2 aliphatic rings. The smallest absolute Gasteiger partial charge is 0.252 e. The molecular formula is C27H19ClN8O. The Morgan fingerprint density at radius 3 is 2.86 bits per heavy atom. The lowest BCUT2D eigenvalue weighted by molar-refractivity contribution is 0.515. The molecule has 6 aromatic rings. The lowest BCUT2D eigenvalue weighted by Gasteiger charge is -2.18. The fourth-order valence-corrected chi connectivity index (χ4v) is 6.00. The molecule has 9 nitrogen and oxygen atoms in total. The second kappa shape index (κ2) is 7.50. The molecule has 1 aliphatic carbocycles. The van der Waals surface area contributed by atoms with Crippen molar-refractivity contribution in [3.63, 3.8) is 0 Å². The minimum absolute atomic E-state index is 0.0565. The number of hydrogen-bond donors (Lipinski definition) is 2. The van der Waals surface area contributed by atoms with E-state index in [1.807, 2.05) is 29.1 Å². The average Bonchev–Trinajstić information content (AvgIpc) is 3.41. The number of tetrazole rings is 1. The first-order chi connectivity index (χ1) is 18.1. The van der Waals surface area contributed by atoms with Crippen molar-refractivity contribution < 1.29 is 0 Å². The molecule has 2 N–H and O–H groups in total. The van der Waals surface area contributed by atoms with Gasteiger partial charge in [-0.3, -0.25) is 4.79 Å². The highest BCUT2D eigenvalue weighted by Crippen LogP contribution is 2.60. The van der Waals surface area contributed by atoms with E-state index in [-0.39, 0.29) is 11.6 Å². The van der Waals surface area contributed by atoms with Gasteiger partial charge in [0.2, 0.25) is 0 Å². The summed E-state index contributed by atoms with van der Waals surface area (Å²) in [5.74, 6) is 1.51. The predicted molar refractivity (Wildman–Crippen MR) is 139 cm³/mol. The van der Waals surface area contributed by atoms with Crippen molar-refractivity contribution in [2.45, 2.75) is 18.4 Å². The topological polar surface area (TPSA) is 110 Å². The van der Waals surface area contributed by atoms with Crippen LogP contribution in [0.3, 0.4) is 0 Å². The Labute approximate surface area is 214 Å². The number of rotatable bonds is 4. The second-order valence-electron chi connectivity index (χ2n) is 9.71. The van der Waals surface area contributed by atoms with Gasteiger partial charge in [0.05, 0.1) is 23.6 Å². The summed E-state index contributed by atoms with van der Waals surface area (Å²) in [6.07, 6.45) is 6.37. The zero-order valence-electron chi connectivity index (χ0n) is 19.3. The van der Waals surface area contributed by atoms with E-state index in [1.165, 1.54) is 6.33 Å². The average molecular weight is 507 g/mol. The highest BCUT2D eigenvalue weighted by Gasteiger charge is 2.54. The summed E-state index contributed by atoms with van der Waals surface area (Å²) in [6, 6.07) is 17.5. The van der Waals surface area contributed by atoms with Crippen molar-refractivity contribution in [2.24, 2.45) is 5.92 Å². The van der Waals surface area contributed by atoms with Crippen molar-refractivity contribution in [3.8, 4) is 28.1 Å². The molecule has 5 heterocycles. The molecule has 8 rings (SSSR count). The first kappa shape index (κ1) is 20.7. The Balaban J connectivity index is 1.21. The van der Waals surface area contributed by atoms with E-state index in [0.717, 1.165) is 56.9 Å². The minimum Gasteiger partial charge on any atom is -0.361 e. The van der Waals surface area contributed by atoms with Gasteiger partial charge in [-0.05, 0) is 70.8 Å². The Kier molecular flexibility index (Phi) is 4.19. The molecule has 2 aromatic carbocycles. The van der Waals surface area contributed by atoms with Gasteiger partial charge in [-0.15, -0.1) is 5.10 Å². The van der Waals surface area contributed by atoms with E-state index in [4.69, 9.17) is 16.6 Å². The number of halogens is 1. The fourth-order valence-electron chi connectivity index (χ4n) is 5.82. The molecule has 0 saturated heterocycles. The van der Waals surface area contributed by atoms with E-state index in [9.17, 15) is 4.79 Å². The monoisotopic (exact) mass is 506 g/mol. The van der Waals surface area contributed by atoms with Crippen LogP contribution in [0.5, 0.6) is 0 Å². The highest BCUT2D eigenvalue weighted by molar-refractivity contribution is 6.31. The van der Waals surface area contributed by atoms with Gasteiger partial charge in [0.1, 0.15) is 12.2 Å². The molecule has 3 atom stereocenters. The van der Waals surface area contributed by atoms with Gasteiger partial charge in [-0.25, -0.2) is 4.98 Å². The number of nitrogens with zero attached hydrogens (tertiary/aromatic N) is 6. The van der Waals surface area contributed by atoms with Gasteiger partial charge in [0, 0.05) is 50.9 Å². The van der Waals surface area contributed by atoms with Crippen LogP contribution in [-0.4, -0.2) is 39.7 Å². The lowest BCUT2D eigenvalue weighted by Crippen LogP contribution is -2.26. The summed E-state index contributed by atoms with van der Waals surface area (Å²) >= 11 is 6.35. The number of aromatic amines is 2. The quantitative estimate of drug-likeness (QED) is 0.359. The van der Waals surface area contributed by atoms with Crippen LogP contribution in [0.1, 0.15) is 29.9 Å². The first-order valence-corrected chi connectivity index (χ1v) is 12.4. The first-order valence-electron chi connectivity index (χ1n) is 12.1. The maximum Gasteiger partial charge on any atom is 0.252 e. The van der Waals surface area contributed by atoms with Crippen molar-refractivity contribution >= 4 is 22.5 Å². The van der Waals surface area contributed by atoms with Crippen LogP contribution in [-0.2, 0) is 0 Å². The SMILES string of the molecule is O=c1cc(-c2cc(Cl)ccc2-n2cnnn2)cc2n1C(c1ncc(-c3ccc4[nH]ccc4c3)[nH]1)C1CC21. The van der Waals surface area contributed by atoms with Crippen LogP contribution < -0.4 is 5.56 Å². The summed E-state index contributed by atoms with van der Waals surface area (Å²) < 4.78 is 3.48. The standard InChI is InChI=1S/C27H19ClN8O/c28-17-2-4-23(35-13-31-33-34-35)18(10-17)16-8-24-19-11-20(19)26(36(24)25(37)9-16)27-30-12-22(32-27)14-1-3-21-15(7-14)5-6-29-21/h1-10,12-13,19-20,26,29H,11H2,(H,30,32). The third-order valence-corrected chi connectivity index (χ3v) is 7.84. The van der Waals surface area contributed by atoms with E-state index in [0.29, 0.717) is 16.9 Å². The largest absolute Gasteiger partial charge is 0.361 e. The summed E-state index contributed by atoms with van der Waals surface area (Å²) in [5.41, 5.74) is 6.45. The molecule has 0 bridgehead atoms. The Hall–Kier alpha value is -4.50. The van der Waals surface area contributed by atoms with Gasteiger partial charge < -0.3 is 14.5 Å². The molecule has 3 unspecified atom stereocenters. The normalized spacial score (nSPS) is 19.8. The van der Waals surface area contributed by atoms with E-state index < -0.39 is 0 Å². The van der Waals surface area contributed by atoms with Gasteiger partial charge in [0.25, 0.3) is 5.56 Å².